The van der Waals surface area contributed by atoms with Crippen LogP contribution in [0.1, 0.15) is 11.3 Å². The highest BCUT2D eigenvalue weighted by atomic mass is 16.6. The number of hydrogen-bond donors (Lipinski definition) is 0. The molecule has 0 radical (unpaired) electrons. The SMILES string of the molecule is Cc1ccc([N+](=O)[O-])c2ccnc(C#N)c12. The summed E-state index contributed by atoms with van der Waals surface area (Å²) in [6.45, 7) is 1.80. The summed E-state index contributed by atoms with van der Waals surface area (Å²) in [5.74, 6) is 0. The first kappa shape index (κ1) is 10.1. The maximum Gasteiger partial charge on any atom is 0.277 e. The van der Waals surface area contributed by atoms with Crippen LogP contribution >= 0.6 is 0 Å². The minimum absolute atomic E-state index is 0.000463. The standard InChI is InChI=1S/C11H7N3O2/c1-7-2-3-10(14(15)16)8-4-5-13-9(6-12)11(7)8/h2-5H,1H3. The minimum atomic E-state index is -0.455. The number of fused-ring (bicyclic) bond motifs is 1. The summed E-state index contributed by atoms with van der Waals surface area (Å²) >= 11 is 0. The molecule has 0 spiro atoms. The van der Waals surface area contributed by atoms with Gasteiger partial charge in [-0.1, -0.05) is 6.07 Å². The molecule has 5 nitrogen and oxygen atoms in total. The van der Waals surface area contributed by atoms with Crippen molar-refractivity contribution in [2.75, 3.05) is 0 Å². The molecule has 0 amide bonds. The molecule has 0 aliphatic carbocycles. The van der Waals surface area contributed by atoms with Gasteiger partial charge in [0.1, 0.15) is 11.8 Å². The Bertz CT molecular complexity index is 629. The maximum atomic E-state index is 10.8. The molecule has 0 saturated heterocycles. The number of aryl methyl sites for hydroxylation is 1. The second-order valence-electron chi connectivity index (χ2n) is 3.35. The molecule has 0 atom stereocenters. The highest BCUT2D eigenvalue weighted by Crippen LogP contribution is 2.29. The van der Waals surface area contributed by atoms with Gasteiger partial charge in [0.15, 0.2) is 0 Å². The molecular weight excluding hydrogens is 206 g/mol. The van der Waals surface area contributed by atoms with Crippen LogP contribution in [-0.4, -0.2) is 9.91 Å². The number of nitriles is 1. The summed E-state index contributed by atoms with van der Waals surface area (Å²) in [5, 5.41) is 20.7. The van der Waals surface area contributed by atoms with E-state index >= 15 is 0 Å². The molecule has 1 heterocycles. The topological polar surface area (TPSA) is 79.8 Å². The van der Waals surface area contributed by atoms with Crippen LogP contribution in [0.15, 0.2) is 24.4 Å². The van der Waals surface area contributed by atoms with Crippen LogP contribution in [0.5, 0.6) is 0 Å². The van der Waals surface area contributed by atoms with E-state index < -0.39 is 4.92 Å². The molecule has 1 aromatic carbocycles. The number of pyridine rings is 1. The second kappa shape index (κ2) is 3.59. The van der Waals surface area contributed by atoms with Crippen molar-refractivity contribution in [3.05, 3.63) is 45.8 Å². The highest BCUT2D eigenvalue weighted by Gasteiger charge is 2.15. The Morgan fingerprint density at radius 2 is 2.19 bits per heavy atom. The summed E-state index contributed by atoms with van der Waals surface area (Å²) in [6.07, 6.45) is 1.41. The molecule has 1 aromatic heterocycles. The second-order valence-corrected chi connectivity index (χ2v) is 3.35. The Morgan fingerprint density at radius 3 is 2.81 bits per heavy atom. The molecule has 0 N–H and O–H groups in total. The predicted molar refractivity (Wildman–Crippen MR) is 57.8 cm³/mol. The lowest BCUT2D eigenvalue weighted by atomic mass is 10.0. The van der Waals surface area contributed by atoms with Gasteiger partial charge in [-0.2, -0.15) is 5.26 Å². The summed E-state index contributed by atoms with van der Waals surface area (Å²) in [7, 11) is 0. The molecule has 16 heavy (non-hydrogen) atoms. The predicted octanol–water partition coefficient (Wildman–Crippen LogP) is 2.32. The Hall–Kier alpha value is -2.48. The van der Waals surface area contributed by atoms with Gasteiger partial charge < -0.3 is 0 Å². The van der Waals surface area contributed by atoms with Crippen LogP contribution in [0.25, 0.3) is 10.8 Å². The van der Waals surface area contributed by atoms with Crippen molar-refractivity contribution in [2.45, 2.75) is 6.92 Å². The van der Waals surface area contributed by atoms with E-state index in [1.54, 1.807) is 19.1 Å². The van der Waals surface area contributed by atoms with Gasteiger partial charge in [-0.15, -0.1) is 0 Å². The fourth-order valence-corrected chi connectivity index (χ4v) is 1.70. The van der Waals surface area contributed by atoms with Gasteiger partial charge in [0.2, 0.25) is 0 Å². The van der Waals surface area contributed by atoms with E-state index in [0.29, 0.717) is 10.8 Å². The van der Waals surface area contributed by atoms with E-state index in [4.69, 9.17) is 5.26 Å². The van der Waals surface area contributed by atoms with Crippen molar-refractivity contribution in [1.29, 1.82) is 5.26 Å². The van der Waals surface area contributed by atoms with Crippen LogP contribution in [-0.2, 0) is 0 Å². The number of aromatic nitrogens is 1. The number of benzene rings is 1. The zero-order valence-corrected chi connectivity index (χ0v) is 8.47. The fourth-order valence-electron chi connectivity index (χ4n) is 1.70. The quantitative estimate of drug-likeness (QED) is 0.537. The number of nitro benzene ring substituents is 1. The summed E-state index contributed by atoms with van der Waals surface area (Å²) in [6, 6.07) is 6.57. The largest absolute Gasteiger partial charge is 0.277 e. The lowest BCUT2D eigenvalue weighted by molar-refractivity contribution is -0.383. The number of nitro groups is 1. The highest BCUT2D eigenvalue weighted by molar-refractivity contribution is 5.95. The first-order valence-corrected chi connectivity index (χ1v) is 4.58. The van der Waals surface area contributed by atoms with Crippen molar-refractivity contribution in [3.63, 3.8) is 0 Å². The number of rotatable bonds is 1. The van der Waals surface area contributed by atoms with Gasteiger partial charge in [0.05, 0.1) is 10.3 Å². The van der Waals surface area contributed by atoms with Crippen molar-refractivity contribution in [2.24, 2.45) is 0 Å². The van der Waals surface area contributed by atoms with Gasteiger partial charge in [-0.25, -0.2) is 4.98 Å². The Labute approximate surface area is 91.1 Å². The zero-order valence-electron chi connectivity index (χ0n) is 8.47. The van der Waals surface area contributed by atoms with Crippen molar-refractivity contribution in [3.8, 4) is 6.07 Å². The Morgan fingerprint density at radius 1 is 1.44 bits per heavy atom. The van der Waals surface area contributed by atoms with Gasteiger partial charge in [0.25, 0.3) is 5.69 Å². The van der Waals surface area contributed by atoms with E-state index in [0.717, 1.165) is 5.56 Å². The van der Waals surface area contributed by atoms with Gasteiger partial charge in [-0.05, 0) is 18.6 Å². The minimum Gasteiger partial charge on any atom is -0.258 e. The first-order valence-electron chi connectivity index (χ1n) is 4.58. The van der Waals surface area contributed by atoms with Crippen LogP contribution < -0.4 is 0 Å². The van der Waals surface area contributed by atoms with E-state index in [2.05, 4.69) is 4.98 Å². The van der Waals surface area contributed by atoms with Crippen LogP contribution in [0.3, 0.4) is 0 Å². The van der Waals surface area contributed by atoms with Crippen molar-refractivity contribution >= 4 is 16.5 Å². The molecule has 78 valence electrons. The molecule has 2 aromatic rings. The van der Waals surface area contributed by atoms with E-state index in [-0.39, 0.29) is 11.4 Å². The molecule has 5 heteroatoms. The molecule has 0 bridgehead atoms. The number of hydrogen-bond acceptors (Lipinski definition) is 4. The molecule has 0 saturated carbocycles. The van der Waals surface area contributed by atoms with E-state index in [9.17, 15) is 10.1 Å². The van der Waals surface area contributed by atoms with Gasteiger partial charge in [0, 0.05) is 17.6 Å². The van der Waals surface area contributed by atoms with Gasteiger partial charge >= 0.3 is 0 Å². The third-order valence-corrected chi connectivity index (χ3v) is 2.42. The molecular formula is C11H7N3O2. The first-order chi connectivity index (χ1) is 7.65. The number of nitrogens with zero attached hydrogens (tertiary/aromatic N) is 3. The van der Waals surface area contributed by atoms with E-state index in [1.807, 2.05) is 6.07 Å². The summed E-state index contributed by atoms with van der Waals surface area (Å²) < 4.78 is 0. The normalized spacial score (nSPS) is 10.0. The monoisotopic (exact) mass is 213 g/mol. The maximum absolute atomic E-state index is 10.8. The Balaban J connectivity index is 2.98. The lowest BCUT2D eigenvalue weighted by Gasteiger charge is -2.03. The molecule has 2 rings (SSSR count). The Kier molecular flexibility index (Phi) is 2.25. The summed E-state index contributed by atoms with van der Waals surface area (Å²) in [4.78, 5) is 14.3. The molecule has 0 unspecified atom stereocenters. The third-order valence-electron chi connectivity index (χ3n) is 2.42. The van der Waals surface area contributed by atoms with Gasteiger partial charge in [-0.3, -0.25) is 10.1 Å². The molecule has 0 aliphatic rings. The average molecular weight is 213 g/mol. The fraction of sp³-hybridized carbons (Fsp3) is 0.0909. The van der Waals surface area contributed by atoms with Crippen molar-refractivity contribution < 1.29 is 4.92 Å². The third kappa shape index (κ3) is 1.37. The van der Waals surface area contributed by atoms with Crippen LogP contribution in [0, 0.1) is 28.4 Å². The number of non-ortho nitro benzene ring substituents is 1. The molecule has 0 aliphatic heterocycles. The summed E-state index contributed by atoms with van der Waals surface area (Å²) in [5.41, 5.74) is 1.03. The molecule has 0 fully saturated rings. The smallest absolute Gasteiger partial charge is 0.258 e. The van der Waals surface area contributed by atoms with Crippen LogP contribution in [0.4, 0.5) is 5.69 Å². The van der Waals surface area contributed by atoms with Crippen molar-refractivity contribution in [1.82, 2.24) is 4.98 Å². The van der Waals surface area contributed by atoms with E-state index in [1.165, 1.54) is 12.3 Å². The van der Waals surface area contributed by atoms with Crippen LogP contribution in [0.2, 0.25) is 0 Å². The average Bonchev–Trinajstić information content (AvgIpc) is 2.28. The lowest BCUT2D eigenvalue weighted by Crippen LogP contribution is -1.94. The zero-order chi connectivity index (χ0) is 11.7.